The maximum Gasteiger partial charge on any atom is 0.132 e. The average Bonchev–Trinajstić information content (AvgIpc) is 2.75. The summed E-state index contributed by atoms with van der Waals surface area (Å²) in [4.78, 5) is 4.31. The van der Waals surface area contributed by atoms with Crippen molar-refractivity contribution < 1.29 is 4.74 Å². The van der Waals surface area contributed by atoms with E-state index in [1.54, 1.807) is 0 Å². The summed E-state index contributed by atoms with van der Waals surface area (Å²) >= 11 is 0. The van der Waals surface area contributed by atoms with E-state index in [0.717, 1.165) is 11.4 Å². The minimum atomic E-state index is 0.440. The highest BCUT2D eigenvalue weighted by Gasteiger charge is 2.02. The van der Waals surface area contributed by atoms with Crippen LogP contribution in [0, 0.1) is 6.92 Å². The minimum Gasteiger partial charge on any atom is -0.487 e. The standard InChI is InChI=1S/C14H18N2O/c1-11(2)16-8-13(15-10-16)9-17-14-6-4-5-12(3)7-14/h4-8,10-11H,9H2,1-3H3. The molecule has 0 saturated heterocycles. The van der Waals surface area contributed by atoms with Crippen LogP contribution in [0.3, 0.4) is 0 Å². The van der Waals surface area contributed by atoms with Gasteiger partial charge in [0.05, 0.1) is 12.0 Å². The lowest BCUT2D eigenvalue weighted by molar-refractivity contribution is 0.301. The monoisotopic (exact) mass is 230 g/mol. The van der Waals surface area contributed by atoms with E-state index in [1.165, 1.54) is 5.56 Å². The zero-order chi connectivity index (χ0) is 12.3. The van der Waals surface area contributed by atoms with Crippen LogP contribution in [0.15, 0.2) is 36.8 Å². The molecule has 0 atom stereocenters. The van der Waals surface area contributed by atoms with Gasteiger partial charge in [0.25, 0.3) is 0 Å². The van der Waals surface area contributed by atoms with Gasteiger partial charge in [0.1, 0.15) is 12.4 Å². The van der Waals surface area contributed by atoms with Crippen molar-refractivity contribution in [3.05, 3.63) is 48.0 Å². The molecule has 1 aromatic carbocycles. The van der Waals surface area contributed by atoms with Gasteiger partial charge in [-0.15, -0.1) is 0 Å². The summed E-state index contributed by atoms with van der Waals surface area (Å²) < 4.78 is 7.77. The summed E-state index contributed by atoms with van der Waals surface area (Å²) in [6.07, 6.45) is 3.88. The summed E-state index contributed by atoms with van der Waals surface area (Å²) in [5, 5.41) is 0. The minimum absolute atomic E-state index is 0.440. The number of ether oxygens (including phenoxy) is 1. The second-order valence-electron chi connectivity index (χ2n) is 4.51. The highest BCUT2D eigenvalue weighted by molar-refractivity contribution is 5.27. The number of hydrogen-bond donors (Lipinski definition) is 0. The first-order chi connectivity index (χ1) is 8.15. The number of aromatic nitrogens is 2. The van der Waals surface area contributed by atoms with Crippen molar-refractivity contribution >= 4 is 0 Å². The molecule has 1 heterocycles. The van der Waals surface area contributed by atoms with Crippen molar-refractivity contribution in [1.82, 2.24) is 9.55 Å². The molecule has 0 spiro atoms. The molecule has 0 aliphatic heterocycles. The summed E-state index contributed by atoms with van der Waals surface area (Å²) in [6, 6.07) is 8.49. The van der Waals surface area contributed by atoms with Crippen LogP contribution >= 0.6 is 0 Å². The molecular weight excluding hydrogens is 212 g/mol. The maximum atomic E-state index is 5.69. The lowest BCUT2D eigenvalue weighted by atomic mass is 10.2. The normalized spacial score (nSPS) is 10.8. The molecule has 3 nitrogen and oxygen atoms in total. The van der Waals surface area contributed by atoms with Crippen LogP contribution in [0.1, 0.15) is 31.1 Å². The summed E-state index contributed by atoms with van der Waals surface area (Å²) in [5.74, 6) is 0.893. The largest absolute Gasteiger partial charge is 0.487 e. The number of nitrogens with zero attached hydrogens (tertiary/aromatic N) is 2. The van der Waals surface area contributed by atoms with E-state index >= 15 is 0 Å². The average molecular weight is 230 g/mol. The topological polar surface area (TPSA) is 27.1 Å². The molecule has 0 amide bonds. The number of hydrogen-bond acceptors (Lipinski definition) is 2. The Labute approximate surface area is 102 Å². The zero-order valence-electron chi connectivity index (χ0n) is 10.6. The van der Waals surface area contributed by atoms with Gasteiger partial charge in [-0.1, -0.05) is 12.1 Å². The van der Waals surface area contributed by atoms with Crippen molar-refractivity contribution in [2.24, 2.45) is 0 Å². The van der Waals surface area contributed by atoms with E-state index < -0.39 is 0 Å². The molecule has 0 fully saturated rings. The molecule has 0 bridgehead atoms. The number of imidazole rings is 1. The van der Waals surface area contributed by atoms with Crippen molar-refractivity contribution in [2.45, 2.75) is 33.4 Å². The second kappa shape index (κ2) is 5.04. The van der Waals surface area contributed by atoms with E-state index in [9.17, 15) is 0 Å². The van der Waals surface area contributed by atoms with Gasteiger partial charge in [-0.25, -0.2) is 4.98 Å². The lowest BCUT2D eigenvalue weighted by Gasteiger charge is -2.05. The van der Waals surface area contributed by atoms with Gasteiger partial charge in [-0.2, -0.15) is 0 Å². The third-order valence-corrected chi connectivity index (χ3v) is 2.63. The van der Waals surface area contributed by atoms with Crippen molar-refractivity contribution in [2.75, 3.05) is 0 Å². The molecule has 0 aliphatic carbocycles. The smallest absolute Gasteiger partial charge is 0.132 e. The van der Waals surface area contributed by atoms with Crippen molar-refractivity contribution in [1.29, 1.82) is 0 Å². The van der Waals surface area contributed by atoms with Gasteiger partial charge in [-0.3, -0.25) is 0 Å². The van der Waals surface area contributed by atoms with E-state index in [0.29, 0.717) is 12.6 Å². The van der Waals surface area contributed by atoms with Gasteiger partial charge in [0, 0.05) is 12.2 Å². The predicted molar refractivity (Wildman–Crippen MR) is 68.1 cm³/mol. The molecule has 0 N–H and O–H groups in total. The first-order valence-corrected chi connectivity index (χ1v) is 5.87. The first kappa shape index (κ1) is 11.7. The Morgan fingerprint density at radius 3 is 2.82 bits per heavy atom. The third-order valence-electron chi connectivity index (χ3n) is 2.63. The molecule has 2 aromatic rings. The molecular formula is C14H18N2O. The zero-order valence-corrected chi connectivity index (χ0v) is 10.6. The van der Waals surface area contributed by atoms with E-state index in [4.69, 9.17) is 4.74 Å². The van der Waals surface area contributed by atoms with Crippen molar-refractivity contribution in [3.8, 4) is 5.75 Å². The molecule has 90 valence electrons. The Balaban J connectivity index is 1.97. The fourth-order valence-corrected chi connectivity index (χ4v) is 1.60. The van der Waals surface area contributed by atoms with Crippen LogP contribution in [0.25, 0.3) is 0 Å². The number of rotatable bonds is 4. The fourth-order valence-electron chi connectivity index (χ4n) is 1.60. The maximum absolute atomic E-state index is 5.69. The van der Waals surface area contributed by atoms with E-state index in [1.807, 2.05) is 30.7 Å². The van der Waals surface area contributed by atoms with Gasteiger partial charge < -0.3 is 9.30 Å². The second-order valence-corrected chi connectivity index (χ2v) is 4.51. The molecule has 0 saturated carbocycles. The first-order valence-electron chi connectivity index (χ1n) is 5.87. The van der Waals surface area contributed by atoms with Gasteiger partial charge >= 0.3 is 0 Å². The summed E-state index contributed by atoms with van der Waals surface area (Å²) in [7, 11) is 0. The molecule has 1 aromatic heterocycles. The Bertz CT molecular complexity index is 488. The Morgan fingerprint density at radius 1 is 1.35 bits per heavy atom. The highest BCUT2D eigenvalue weighted by atomic mass is 16.5. The quantitative estimate of drug-likeness (QED) is 0.805. The Kier molecular flexibility index (Phi) is 3.47. The highest BCUT2D eigenvalue weighted by Crippen LogP contribution is 2.14. The van der Waals surface area contributed by atoms with Gasteiger partial charge in [-0.05, 0) is 38.5 Å². The predicted octanol–water partition coefficient (Wildman–Crippen LogP) is 3.35. The fraction of sp³-hybridized carbons (Fsp3) is 0.357. The van der Waals surface area contributed by atoms with E-state index in [2.05, 4.69) is 36.4 Å². The SMILES string of the molecule is Cc1cccc(OCc2cn(C(C)C)cn2)c1. The Morgan fingerprint density at radius 2 is 2.18 bits per heavy atom. The molecule has 17 heavy (non-hydrogen) atoms. The van der Waals surface area contributed by atoms with E-state index in [-0.39, 0.29) is 0 Å². The third kappa shape index (κ3) is 3.09. The summed E-state index contributed by atoms with van der Waals surface area (Å²) in [5.41, 5.74) is 2.16. The Hall–Kier alpha value is -1.77. The van der Waals surface area contributed by atoms with Crippen LogP contribution in [0.5, 0.6) is 5.75 Å². The number of aryl methyl sites for hydroxylation is 1. The summed E-state index contributed by atoms with van der Waals surface area (Å²) in [6.45, 7) is 6.84. The molecule has 0 unspecified atom stereocenters. The molecule has 0 aliphatic rings. The van der Waals surface area contributed by atoms with Crippen LogP contribution in [0.4, 0.5) is 0 Å². The van der Waals surface area contributed by atoms with Crippen LogP contribution in [-0.4, -0.2) is 9.55 Å². The lowest BCUT2D eigenvalue weighted by Crippen LogP contribution is -1.98. The molecule has 2 rings (SSSR count). The van der Waals surface area contributed by atoms with Gasteiger partial charge in [0.15, 0.2) is 0 Å². The number of benzene rings is 1. The van der Waals surface area contributed by atoms with Crippen LogP contribution < -0.4 is 4.74 Å². The molecule has 0 radical (unpaired) electrons. The van der Waals surface area contributed by atoms with Crippen LogP contribution in [-0.2, 0) is 6.61 Å². The van der Waals surface area contributed by atoms with Crippen LogP contribution in [0.2, 0.25) is 0 Å². The van der Waals surface area contributed by atoms with Gasteiger partial charge in [0.2, 0.25) is 0 Å². The van der Waals surface area contributed by atoms with Crippen molar-refractivity contribution in [3.63, 3.8) is 0 Å². The molecule has 3 heteroatoms.